The number of benzene rings is 2. The molecule has 0 radical (unpaired) electrons. The third-order valence-electron chi connectivity index (χ3n) is 6.90. The normalized spacial score (nSPS) is 15.9. The van der Waals surface area contributed by atoms with Crippen LogP contribution in [0.2, 0.25) is 0 Å². The molecule has 11 nitrogen and oxygen atoms in total. The number of likely N-dealkylation sites (tertiary alicyclic amines) is 1. The van der Waals surface area contributed by atoms with Crippen molar-refractivity contribution < 1.29 is 37.8 Å². The van der Waals surface area contributed by atoms with Gasteiger partial charge in [-0.25, -0.2) is 9.18 Å². The van der Waals surface area contributed by atoms with E-state index in [9.17, 15) is 23.6 Å². The number of ether oxygens (including phenoxy) is 3. The van der Waals surface area contributed by atoms with Gasteiger partial charge in [0.25, 0.3) is 5.91 Å². The van der Waals surface area contributed by atoms with Crippen molar-refractivity contribution in [1.29, 1.82) is 0 Å². The molecule has 2 aliphatic heterocycles. The molecule has 0 atom stereocenters. The summed E-state index contributed by atoms with van der Waals surface area (Å²) in [5.74, 6) is -0.0678. The summed E-state index contributed by atoms with van der Waals surface area (Å²) in [6.07, 6.45) is 2.12. The number of hydrogen-bond acceptors (Lipinski definition) is 7. The van der Waals surface area contributed by atoms with E-state index in [4.69, 9.17) is 14.2 Å². The van der Waals surface area contributed by atoms with Crippen LogP contribution in [0, 0.1) is 5.82 Å². The number of hydrogen-bond donors (Lipinski definition) is 2. The minimum absolute atomic E-state index is 0.00251. The summed E-state index contributed by atoms with van der Waals surface area (Å²) in [4.78, 5) is 52.2. The molecular weight excluding hydrogens is 523 g/mol. The molecule has 2 N–H and O–H groups in total. The monoisotopic (exact) mass is 556 g/mol. The van der Waals surface area contributed by atoms with Crippen molar-refractivity contribution in [2.75, 3.05) is 45.4 Å². The number of urea groups is 1. The summed E-state index contributed by atoms with van der Waals surface area (Å²) in [6.45, 7) is 1.51. The van der Waals surface area contributed by atoms with E-state index in [0.717, 1.165) is 0 Å². The first-order valence-electron chi connectivity index (χ1n) is 13.1. The molecule has 0 aliphatic carbocycles. The number of halogens is 1. The van der Waals surface area contributed by atoms with Gasteiger partial charge in [-0.3, -0.25) is 24.6 Å². The molecule has 0 unspecified atom stereocenters. The number of nitrogens with zero attached hydrogens (tertiary/aromatic N) is 2. The lowest BCUT2D eigenvalue weighted by atomic mass is 10.0. The first kappa shape index (κ1) is 28.7. The average molecular weight is 557 g/mol. The Balaban J connectivity index is 1.21. The van der Waals surface area contributed by atoms with Gasteiger partial charge in [0.2, 0.25) is 11.8 Å². The summed E-state index contributed by atoms with van der Waals surface area (Å²) in [5, 5.41) is 5.14. The first-order valence-corrected chi connectivity index (χ1v) is 13.1. The minimum Gasteiger partial charge on any atom is -0.497 e. The molecule has 0 aromatic heterocycles. The Kier molecular flexibility index (Phi) is 9.41. The fourth-order valence-electron chi connectivity index (χ4n) is 4.68. The minimum atomic E-state index is -0.618. The van der Waals surface area contributed by atoms with Crippen LogP contribution in [0.15, 0.2) is 36.4 Å². The fraction of sp³-hybridized carbons (Fsp3) is 0.429. The summed E-state index contributed by atoms with van der Waals surface area (Å²) < 4.78 is 30.3. The molecule has 214 valence electrons. The van der Waals surface area contributed by atoms with Gasteiger partial charge in [-0.05, 0) is 49.6 Å². The lowest BCUT2D eigenvalue weighted by Gasteiger charge is -2.32. The topological polar surface area (TPSA) is 127 Å². The highest BCUT2D eigenvalue weighted by atomic mass is 19.1. The molecule has 12 heteroatoms. The summed E-state index contributed by atoms with van der Waals surface area (Å²) in [5.41, 5.74) is 0.418. The van der Waals surface area contributed by atoms with Crippen molar-refractivity contribution >= 4 is 29.4 Å². The SMILES string of the molecule is COc1ccc(F)c(C(=O)NC2CCN(C(=O)CCCOc3ccc(OC)c(N4CCC(=O)NC4=O)c3)CC2)c1. The lowest BCUT2D eigenvalue weighted by Crippen LogP contribution is -2.49. The van der Waals surface area contributed by atoms with Crippen molar-refractivity contribution in [2.45, 2.75) is 38.1 Å². The van der Waals surface area contributed by atoms with Gasteiger partial charge in [0.05, 0.1) is 32.1 Å². The number of carbonyl (C=O) groups is 4. The molecule has 2 fully saturated rings. The third-order valence-corrected chi connectivity index (χ3v) is 6.90. The molecule has 40 heavy (non-hydrogen) atoms. The molecule has 0 bridgehead atoms. The molecule has 2 saturated heterocycles. The van der Waals surface area contributed by atoms with Crippen molar-refractivity contribution in [2.24, 2.45) is 0 Å². The third kappa shape index (κ3) is 6.99. The van der Waals surface area contributed by atoms with Crippen LogP contribution in [-0.2, 0) is 9.59 Å². The number of carbonyl (C=O) groups excluding carboxylic acids is 4. The van der Waals surface area contributed by atoms with Crippen LogP contribution in [0.25, 0.3) is 0 Å². The first-order chi connectivity index (χ1) is 19.3. The summed E-state index contributed by atoms with van der Waals surface area (Å²) in [7, 11) is 2.94. The average Bonchev–Trinajstić information content (AvgIpc) is 2.95. The largest absolute Gasteiger partial charge is 0.497 e. The van der Waals surface area contributed by atoms with Gasteiger partial charge in [0.1, 0.15) is 23.1 Å². The number of nitrogens with one attached hydrogen (secondary N) is 2. The Morgan fingerprint density at radius 3 is 2.48 bits per heavy atom. The van der Waals surface area contributed by atoms with E-state index < -0.39 is 17.8 Å². The summed E-state index contributed by atoms with van der Waals surface area (Å²) in [6, 6.07) is 8.41. The summed E-state index contributed by atoms with van der Waals surface area (Å²) >= 11 is 0. The van der Waals surface area contributed by atoms with E-state index in [-0.39, 0.29) is 36.4 Å². The Morgan fingerprint density at radius 1 is 1.02 bits per heavy atom. The van der Waals surface area contributed by atoms with Crippen LogP contribution in [0.4, 0.5) is 14.9 Å². The Bertz CT molecular complexity index is 1260. The number of piperidine rings is 1. The molecule has 2 heterocycles. The maximum Gasteiger partial charge on any atom is 0.328 e. The van der Waals surface area contributed by atoms with Crippen LogP contribution in [0.1, 0.15) is 42.5 Å². The zero-order valence-corrected chi connectivity index (χ0v) is 22.5. The van der Waals surface area contributed by atoms with Crippen molar-refractivity contribution in [1.82, 2.24) is 15.5 Å². The van der Waals surface area contributed by atoms with Crippen LogP contribution < -0.4 is 29.7 Å². The highest BCUT2D eigenvalue weighted by Crippen LogP contribution is 2.33. The van der Waals surface area contributed by atoms with Gasteiger partial charge in [-0.1, -0.05) is 0 Å². The standard InChI is InChI=1S/C28H33FN4O7/c1-38-19-5-7-22(29)21(16-19)27(36)30-18-9-12-32(13-10-18)26(35)4-3-15-40-20-6-8-24(39-2)23(17-20)33-14-11-25(34)31-28(33)37/h5-8,16-18H,3-4,9-15H2,1-2H3,(H,30,36)(H,31,34,37). The maximum absolute atomic E-state index is 14.1. The van der Waals surface area contributed by atoms with Crippen molar-refractivity contribution in [3.05, 3.63) is 47.8 Å². The molecule has 0 spiro atoms. The molecule has 2 aromatic carbocycles. The van der Waals surface area contributed by atoms with Crippen molar-refractivity contribution in [3.63, 3.8) is 0 Å². The number of anilines is 1. The van der Waals surface area contributed by atoms with Gasteiger partial charge in [-0.2, -0.15) is 0 Å². The van der Waals surface area contributed by atoms with Gasteiger partial charge in [0.15, 0.2) is 0 Å². The molecule has 2 aliphatic rings. The molecule has 5 amide bonds. The van der Waals surface area contributed by atoms with E-state index in [1.165, 1.54) is 37.3 Å². The van der Waals surface area contributed by atoms with Crippen LogP contribution in [0.5, 0.6) is 17.2 Å². The van der Waals surface area contributed by atoms with Gasteiger partial charge >= 0.3 is 6.03 Å². The highest BCUT2D eigenvalue weighted by Gasteiger charge is 2.27. The van der Waals surface area contributed by atoms with E-state index in [1.54, 1.807) is 23.1 Å². The Hall–Kier alpha value is -4.35. The second-order valence-electron chi connectivity index (χ2n) is 9.51. The van der Waals surface area contributed by atoms with E-state index in [1.807, 2.05) is 0 Å². The predicted octanol–water partition coefficient (Wildman–Crippen LogP) is 2.87. The second-order valence-corrected chi connectivity index (χ2v) is 9.51. The van der Waals surface area contributed by atoms with Crippen LogP contribution >= 0.6 is 0 Å². The number of methoxy groups -OCH3 is 2. The fourth-order valence-corrected chi connectivity index (χ4v) is 4.68. The van der Waals surface area contributed by atoms with E-state index in [0.29, 0.717) is 68.3 Å². The predicted molar refractivity (Wildman–Crippen MR) is 143 cm³/mol. The molecule has 0 saturated carbocycles. The van der Waals surface area contributed by atoms with Gasteiger partial charge < -0.3 is 24.4 Å². The van der Waals surface area contributed by atoms with Crippen LogP contribution in [-0.4, -0.2) is 75.2 Å². The number of imide groups is 1. The smallest absolute Gasteiger partial charge is 0.328 e. The maximum atomic E-state index is 14.1. The van der Waals surface area contributed by atoms with E-state index in [2.05, 4.69) is 10.6 Å². The lowest BCUT2D eigenvalue weighted by molar-refractivity contribution is -0.132. The second kappa shape index (κ2) is 13.1. The van der Waals surface area contributed by atoms with Crippen LogP contribution in [0.3, 0.4) is 0 Å². The number of rotatable bonds is 10. The molecular formula is C28H33FN4O7. The quantitative estimate of drug-likeness (QED) is 0.431. The molecule has 4 rings (SSSR count). The van der Waals surface area contributed by atoms with Crippen molar-refractivity contribution in [3.8, 4) is 17.2 Å². The Morgan fingerprint density at radius 2 is 1.77 bits per heavy atom. The molecule has 2 aromatic rings. The van der Waals surface area contributed by atoms with Gasteiger partial charge in [0, 0.05) is 44.6 Å². The number of amides is 5. The zero-order valence-electron chi connectivity index (χ0n) is 22.5. The van der Waals surface area contributed by atoms with Gasteiger partial charge in [-0.15, -0.1) is 0 Å². The highest BCUT2D eigenvalue weighted by molar-refractivity contribution is 6.06. The Labute approximate surface area is 231 Å². The van der Waals surface area contributed by atoms with E-state index >= 15 is 0 Å². The zero-order chi connectivity index (χ0) is 28.6.